The Hall–Kier alpha value is -1.06. The summed E-state index contributed by atoms with van der Waals surface area (Å²) in [7, 11) is 0. The molecule has 0 amide bonds. The third-order valence-corrected chi connectivity index (χ3v) is 5.65. The Kier molecular flexibility index (Phi) is 4.51. The number of rotatable bonds is 4. The lowest BCUT2D eigenvalue weighted by atomic mass is 10.0. The van der Waals surface area contributed by atoms with Gasteiger partial charge in [-0.1, -0.05) is 13.3 Å². The highest BCUT2D eigenvalue weighted by atomic mass is 32.1. The van der Waals surface area contributed by atoms with Crippen LogP contribution in [0, 0.1) is 13.8 Å². The first-order valence-corrected chi connectivity index (χ1v) is 8.92. The molecule has 0 bridgehead atoms. The van der Waals surface area contributed by atoms with Crippen LogP contribution in [-0.2, 0) is 12.8 Å². The van der Waals surface area contributed by atoms with Crippen LogP contribution in [0.5, 0.6) is 0 Å². The highest BCUT2D eigenvalue weighted by Gasteiger charge is 2.22. The second kappa shape index (κ2) is 6.37. The fourth-order valence-corrected chi connectivity index (χ4v) is 4.69. The molecule has 1 unspecified atom stereocenters. The van der Waals surface area contributed by atoms with Crippen LogP contribution in [0.1, 0.15) is 64.6 Å². The fourth-order valence-electron chi connectivity index (χ4n) is 3.34. The van der Waals surface area contributed by atoms with Crippen LogP contribution in [0.25, 0.3) is 0 Å². The standard InChI is InChI=1S/C18H25NOS/c1-4-19-18(15-10-12(2)20-13(15)3)17-11-14-8-6-5-7-9-16(14)21-17/h10-11,18-19H,4-9H2,1-3H3. The maximum atomic E-state index is 5.75. The molecule has 1 aliphatic rings. The largest absolute Gasteiger partial charge is 0.466 e. The van der Waals surface area contributed by atoms with E-state index in [1.807, 2.05) is 18.3 Å². The third-order valence-electron chi connectivity index (χ3n) is 4.35. The van der Waals surface area contributed by atoms with E-state index in [9.17, 15) is 0 Å². The normalized spacial score (nSPS) is 16.5. The van der Waals surface area contributed by atoms with Crippen molar-refractivity contribution in [3.8, 4) is 0 Å². The number of thiophene rings is 1. The van der Waals surface area contributed by atoms with Crippen LogP contribution >= 0.6 is 11.3 Å². The predicted octanol–water partition coefficient (Wildman–Crippen LogP) is 4.93. The first-order chi connectivity index (χ1) is 10.2. The van der Waals surface area contributed by atoms with E-state index in [2.05, 4.69) is 31.3 Å². The van der Waals surface area contributed by atoms with Crippen molar-refractivity contribution < 1.29 is 4.42 Å². The second-order valence-electron chi connectivity index (χ2n) is 6.02. The Labute approximate surface area is 131 Å². The van der Waals surface area contributed by atoms with Gasteiger partial charge < -0.3 is 9.73 Å². The predicted molar refractivity (Wildman–Crippen MR) is 89.3 cm³/mol. The zero-order valence-corrected chi connectivity index (χ0v) is 14.1. The van der Waals surface area contributed by atoms with Gasteiger partial charge in [0.2, 0.25) is 0 Å². The SMILES string of the molecule is CCNC(c1cc2c(s1)CCCCC2)c1cc(C)oc1C. The quantitative estimate of drug-likeness (QED) is 0.811. The van der Waals surface area contributed by atoms with E-state index in [-0.39, 0.29) is 6.04 Å². The van der Waals surface area contributed by atoms with Crippen molar-refractivity contribution in [1.29, 1.82) is 0 Å². The first-order valence-electron chi connectivity index (χ1n) is 8.10. The Morgan fingerprint density at radius 3 is 2.71 bits per heavy atom. The molecule has 0 spiro atoms. The molecule has 21 heavy (non-hydrogen) atoms. The summed E-state index contributed by atoms with van der Waals surface area (Å²) in [4.78, 5) is 3.07. The Balaban J connectivity index is 1.96. The van der Waals surface area contributed by atoms with Crippen molar-refractivity contribution >= 4 is 11.3 Å². The smallest absolute Gasteiger partial charge is 0.106 e. The lowest BCUT2D eigenvalue weighted by molar-refractivity contribution is 0.495. The lowest BCUT2D eigenvalue weighted by Gasteiger charge is -2.15. The van der Waals surface area contributed by atoms with Gasteiger partial charge in [0.1, 0.15) is 11.5 Å². The third kappa shape index (κ3) is 3.09. The summed E-state index contributed by atoms with van der Waals surface area (Å²) in [6.07, 6.45) is 6.60. The maximum Gasteiger partial charge on any atom is 0.106 e. The minimum absolute atomic E-state index is 0.282. The van der Waals surface area contributed by atoms with Crippen LogP contribution in [0.15, 0.2) is 16.5 Å². The van der Waals surface area contributed by atoms with Gasteiger partial charge in [-0.05, 0) is 63.8 Å². The summed E-state index contributed by atoms with van der Waals surface area (Å²) in [5.74, 6) is 2.05. The molecule has 1 N–H and O–H groups in total. The number of hydrogen-bond acceptors (Lipinski definition) is 3. The summed E-state index contributed by atoms with van der Waals surface area (Å²) >= 11 is 2.01. The van der Waals surface area contributed by atoms with Crippen molar-refractivity contribution in [2.24, 2.45) is 0 Å². The summed E-state index contributed by atoms with van der Waals surface area (Å²) in [5.41, 5.74) is 2.89. The van der Waals surface area contributed by atoms with Gasteiger partial charge in [0.25, 0.3) is 0 Å². The number of fused-ring (bicyclic) bond motifs is 1. The van der Waals surface area contributed by atoms with E-state index in [0.29, 0.717) is 0 Å². The van der Waals surface area contributed by atoms with E-state index in [1.165, 1.54) is 42.5 Å². The van der Waals surface area contributed by atoms with Gasteiger partial charge in [-0.3, -0.25) is 0 Å². The Morgan fingerprint density at radius 1 is 1.19 bits per heavy atom. The molecule has 0 aliphatic heterocycles. The molecule has 0 fully saturated rings. The van der Waals surface area contributed by atoms with Crippen LogP contribution in [0.4, 0.5) is 0 Å². The monoisotopic (exact) mass is 303 g/mol. The summed E-state index contributed by atoms with van der Waals surface area (Å²) < 4.78 is 5.75. The molecule has 2 aromatic rings. The zero-order valence-electron chi connectivity index (χ0n) is 13.3. The topological polar surface area (TPSA) is 25.2 Å². The molecule has 3 rings (SSSR count). The van der Waals surface area contributed by atoms with E-state index < -0.39 is 0 Å². The van der Waals surface area contributed by atoms with Gasteiger partial charge in [-0.15, -0.1) is 11.3 Å². The average molecular weight is 303 g/mol. The molecular weight excluding hydrogens is 278 g/mol. The van der Waals surface area contributed by atoms with E-state index >= 15 is 0 Å². The minimum atomic E-state index is 0.282. The summed E-state index contributed by atoms with van der Waals surface area (Å²) in [6.45, 7) is 7.25. The molecule has 0 saturated carbocycles. The maximum absolute atomic E-state index is 5.75. The fraction of sp³-hybridized carbons (Fsp3) is 0.556. The van der Waals surface area contributed by atoms with Gasteiger partial charge in [0, 0.05) is 15.3 Å². The van der Waals surface area contributed by atoms with Gasteiger partial charge in [0.05, 0.1) is 6.04 Å². The molecule has 2 heterocycles. The Bertz CT molecular complexity index is 587. The molecule has 2 nitrogen and oxygen atoms in total. The van der Waals surface area contributed by atoms with Crippen LogP contribution in [0.3, 0.4) is 0 Å². The van der Waals surface area contributed by atoms with Crippen LogP contribution in [0.2, 0.25) is 0 Å². The molecule has 2 aromatic heterocycles. The second-order valence-corrected chi connectivity index (χ2v) is 7.19. The molecular formula is C18H25NOS. The van der Waals surface area contributed by atoms with Crippen LogP contribution < -0.4 is 5.32 Å². The number of hydrogen-bond donors (Lipinski definition) is 1. The molecule has 1 aliphatic carbocycles. The van der Waals surface area contributed by atoms with Crippen LogP contribution in [-0.4, -0.2) is 6.54 Å². The van der Waals surface area contributed by atoms with Gasteiger partial charge >= 0.3 is 0 Å². The van der Waals surface area contributed by atoms with E-state index in [1.54, 1.807) is 10.4 Å². The molecule has 0 saturated heterocycles. The molecule has 0 radical (unpaired) electrons. The molecule has 1 atom stereocenters. The van der Waals surface area contributed by atoms with E-state index in [0.717, 1.165) is 18.1 Å². The van der Waals surface area contributed by atoms with Gasteiger partial charge in [-0.2, -0.15) is 0 Å². The average Bonchev–Trinajstić information content (AvgIpc) is 2.92. The number of nitrogens with one attached hydrogen (secondary N) is 1. The summed E-state index contributed by atoms with van der Waals surface area (Å²) in [6, 6.07) is 4.91. The molecule has 3 heteroatoms. The van der Waals surface area contributed by atoms with Gasteiger partial charge in [0.15, 0.2) is 0 Å². The van der Waals surface area contributed by atoms with E-state index in [4.69, 9.17) is 4.42 Å². The first kappa shape index (κ1) is 14.9. The minimum Gasteiger partial charge on any atom is -0.466 e. The van der Waals surface area contributed by atoms with Crippen molar-refractivity contribution in [2.75, 3.05) is 6.54 Å². The number of aryl methyl sites for hydroxylation is 4. The van der Waals surface area contributed by atoms with Gasteiger partial charge in [-0.25, -0.2) is 0 Å². The van der Waals surface area contributed by atoms with Crippen molar-refractivity contribution in [1.82, 2.24) is 5.32 Å². The van der Waals surface area contributed by atoms with Crippen molar-refractivity contribution in [3.63, 3.8) is 0 Å². The lowest BCUT2D eigenvalue weighted by Crippen LogP contribution is -2.21. The Morgan fingerprint density at radius 2 is 2.00 bits per heavy atom. The molecule has 0 aromatic carbocycles. The highest BCUT2D eigenvalue weighted by Crippen LogP contribution is 2.36. The highest BCUT2D eigenvalue weighted by molar-refractivity contribution is 7.12. The van der Waals surface area contributed by atoms with Crippen molar-refractivity contribution in [3.05, 3.63) is 44.5 Å². The summed E-state index contributed by atoms with van der Waals surface area (Å²) in [5, 5.41) is 3.64. The zero-order chi connectivity index (χ0) is 14.8. The van der Waals surface area contributed by atoms with Crippen molar-refractivity contribution in [2.45, 2.75) is 58.9 Å². The molecule has 114 valence electrons. The number of furan rings is 1.